The van der Waals surface area contributed by atoms with Gasteiger partial charge in [0.2, 0.25) is 0 Å². The Hall–Kier alpha value is -3.39. The van der Waals surface area contributed by atoms with E-state index in [0.29, 0.717) is 0 Å². The van der Waals surface area contributed by atoms with Crippen molar-refractivity contribution < 1.29 is 54.8 Å². The Kier molecular flexibility index (Phi) is 6.74. The summed E-state index contributed by atoms with van der Waals surface area (Å²) in [6, 6.07) is 3.89. The van der Waals surface area contributed by atoms with Crippen molar-refractivity contribution in [3.8, 4) is 28.7 Å². The SMILES string of the molecule is COc1cccc2c(O)c3c(O)c4c(c(O)c3c(O)c12)[C@@H](O[C@H]1C[C@H](N)[C@@H](O)[C@H](C)O1)C[C@](O)(C(=O)CO)C4. The predicted molar refractivity (Wildman–Crippen MR) is 137 cm³/mol. The van der Waals surface area contributed by atoms with Crippen molar-refractivity contribution in [2.45, 2.75) is 62.4 Å². The number of phenolic OH excluding ortho intramolecular Hbond substituents is 4. The van der Waals surface area contributed by atoms with Crippen LogP contribution < -0.4 is 10.5 Å². The van der Waals surface area contributed by atoms with Crippen molar-refractivity contribution in [3.63, 3.8) is 0 Å². The Bertz CT molecular complexity index is 1460. The number of rotatable bonds is 5. The number of phenols is 4. The van der Waals surface area contributed by atoms with Crippen LogP contribution in [-0.2, 0) is 20.7 Å². The van der Waals surface area contributed by atoms with E-state index in [4.69, 9.17) is 19.9 Å². The first kappa shape index (κ1) is 27.2. The number of ether oxygens (including phenoxy) is 3. The summed E-state index contributed by atoms with van der Waals surface area (Å²) >= 11 is 0. The number of aliphatic hydroxyl groups excluding tert-OH is 2. The van der Waals surface area contributed by atoms with Crippen molar-refractivity contribution in [2.24, 2.45) is 5.73 Å². The molecule has 0 saturated carbocycles. The van der Waals surface area contributed by atoms with Crippen molar-refractivity contribution >= 4 is 27.3 Å². The minimum atomic E-state index is -2.20. The molecule has 1 heterocycles. The second-order valence-electron chi connectivity index (χ2n) is 10.2. The molecule has 2 aliphatic rings. The Balaban J connectivity index is 1.77. The summed E-state index contributed by atoms with van der Waals surface area (Å²) in [5, 5.41) is 75.9. The first-order valence-electron chi connectivity index (χ1n) is 12.5. The summed E-state index contributed by atoms with van der Waals surface area (Å²) in [5.74, 6) is -2.86. The van der Waals surface area contributed by atoms with Gasteiger partial charge in [0.25, 0.3) is 0 Å². The molecule has 1 aliphatic heterocycles. The summed E-state index contributed by atoms with van der Waals surface area (Å²) in [5.41, 5.74) is 3.65. The molecule has 3 aromatic carbocycles. The number of methoxy groups -OCH3 is 1. The Morgan fingerprint density at radius 2 is 1.79 bits per heavy atom. The summed E-state index contributed by atoms with van der Waals surface area (Å²) in [4.78, 5) is 12.6. The highest BCUT2D eigenvalue weighted by atomic mass is 16.7. The zero-order valence-corrected chi connectivity index (χ0v) is 21.3. The molecular formula is C27H31NO11. The van der Waals surface area contributed by atoms with Gasteiger partial charge in [-0.3, -0.25) is 4.79 Å². The van der Waals surface area contributed by atoms with Crippen LogP contribution in [0.1, 0.15) is 37.0 Å². The van der Waals surface area contributed by atoms with Gasteiger partial charge in [-0.15, -0.1) is 0 Å². The van der Waals surface area contributed by atoms with E-state index in [9.17, 15) is 40.5 Å². The molecule has 210 valence electrons. The Labute approximate surface area is 222 Å². The fraction of sp³-hybridized carbons (Fsp3) is 0.444. The molecule has 1 fully saturated rings. The summed E-state index contributed by atoms with van der Waals surface area (Å²) < 4.78 is 17.1. The lowest BCUT2D eigenvalue weighted by Crippen LogP contribution is -2.52. The van der Waals surface area contributed by atoms with E-state index in [-0.39, 0.29) is 44.8 Å². The molecule has 3 aromatic rings. The molecule has 6 atom stereocenters. The molecule has 1 saturated heterocycles. The van der Waals surface area contributed by atoms with Crippen LogP contribution in [0, 0.1) is 0 Å². The van der Waals surface area contributed by atoms with Crippen molar-refractivity contribution in [1.29, 1.82) is 0 Å². The van der Waals surface area contributed by atoms with Gasteiger partial charge in [0.1, 0.15) is 41.0 Å². The maximum absolute atomic E-state index is 12.6. The number of carbonyl (C=O) groups is 1. The van der Waals surface area contributed by atoms with Gasteiger partial charge in [-0.2, -0.15) is 0 Å². The number of carbonyl (C=O) groups excluding carboxylic acids is 1. The summed E-state index contributed by atoms with van der Waals surface area (Å²) in [6.45, 7) is 0.597. The average Bonchev–Trinajstić information content (AvgIpc) is 2.90. The molecule has 0 spiro atoms. The van der Waals surface area contributed by atoms with Crippen LogP contribution in [-0.4, -0.2) is 85.4 Å². The predicted octanol–water partition coefficient (Wildman–Crippen LogP) is 0.944. The third-order valence-corrected chi connectivity index (χ3v) is 7.84. The number of nitrogens with two attached hydrogens (primary N) is 1. The smallest absolute Gasteiger partial charge is 0.190 e. The molecule has 1 aliphatic carbocycles. The number of aliphatic hydroxyl groups is 3. The average molecular weight is 546 g/mol. The molecule has 5 rings (SSSR count). The number of hydrogen-bond acceptors (Lipinski definition) is 12. The molecule has 0 bridgehead atoms. The van der Waals surface area contributed by atoms with E-state index in [2.05, 4.69) is 0 Å². The third kappa shape index (κ3) is 4.11. The zero-order chi connectivity index (χ0) is 28.4. The molecule has 0 radical (unpaired) electrons. The van der Waals surface area contributed by atoms with Gasteiger partial charge in [0, 0.05) is 41.8 Å². The van der Waals surface area contributed by atoms with Crippen LogP contribution in [0.4, 0.5) is 0 Å². The molecule has 0 amide bonds. The van der Waals surface area contributed by atoms with Crippen LogP contribution in [0.25, 0.3) is 21.5 Å². The highest BCUT2D eigenvalue weighted by molar-refractivity contribution is 6.17. The minimum absolute atomic E-state index is 0.0396. The van der Waals surface area contributed by atoms with E-state index < -0.39 is 84.5 Å². The van der Waals surface area contributed by atoms with Gasteiger partial charge in [0.05, 0.1) is 41.6 Å². The Morgan fingerprint density at radius 3 is 2.44 bits per heavy atom. The van der Waals surface area contributed by atoms with Crippen molar-refractivity contribution in [2.75, 3.05) is 13.7 Å². The second-order valence-corrected chi connectivity index (χ2v) is 10.2. The van der Waals surface area contributed by atoms with Crippen LogP contribution >= 0.6 is 0 Å². The third-order valence-electron chi connectivity index (χ3n) is 7.84. The second kappa shape index (κ2) is 9.66. The molecule has 0 aromatic heterocycles. The molecule has 39 heavy (non-hydrogen) atoms. The lowest BCUT2D eigenvalue weighted by atomic mass is 9.74. The highest BCUT2D eigenvalue weighted by Gasteiger charge is 2.48. The van der Waals surface area contributed by atoms with Crippen molar-refractivity contribution in [3.05, 3.63) is 29.3 Å². The quantitative estimate of drug-likeness (QED) is 0.166. The molecular weight excluding hydrogens is 514 g/mol. The van der Waals surface area contributed by atoms with Crippen LogP contribution in [0.5, 0.6) is 28.7 Å². The van der Waals surface area contributed by atoms with E-state index in [1.807, 2.05) is 0 Å². The van der Waals surface area contributed by atoms with E-state index >= 15 is 0 Å². The van der Waals surface area contributed by atoms with Gasteiger partial charge in [0.15, 0.2) is 12.1 Å². The van der Waals surface area contributed by atoms with Gasteiger partial charge in [-0.25, -0.2) is 0 Å². The minimum Gasteiger partial charge on any atom is -0.507 e. The lowest BCUT2D eigenvalue weighted by Gasteiger charge is -2.41. The zero-order valence-electron chi connectivity index (χ0n) is 21.3. The van der Waals surface area contributed by atoms with Crippen LogP contribution in [0.15, 0.2) is 18.2 Å². The molecule has 9 N–H and O–H groups in total. The standard InChI is InChI=1S/C27H31NO11/c1-10-22(31)13(28)6-17(38-10)39-15-8-27(36,16(30)9-29)7-12-19(15)26(35)21-20(24(12)33)23(32)11-4-3-5-14(37-2)18(11)25(21)34/h3-5,10,13,15,17,22,29,31-36H,6-9,28H2,1-2H3/t10-,13-,15-,17-,22-,27-/m0/s1. The Morgan fingerprint density at radius 1 is 1.10 bits per heavy atom. The number of ketones is 1. The fourth-order valence-corrected chi connectivity index (χ4v) is 5.79. The number of aromatic hydroxyl groups is 4. The van der Waals surface area contributed by atoms with E-state index in [1.54, 1.807) is 19.1 Å². The topological polar surface area (TPSA) is 212 Å². The molecule has 0 unspecified atom stereocenters. The molecule has 12 heteroatoms. The van der Waals surface area contributed by atoms with Crippen LogP contribution in [0.3, 0.4) is 0 Å². The number of benzene rings is 3. The fourth-order valence-electron chi connectivity index (χ4n) is 5.79. The number of fused-ring (bicyclic) bond motifs is 3. The van der Waals surface area contributed by atoms with E-state index in [0.717, 1.165) is 0 Å². The maximum atomic E-state index is 12.6. The summed E-state index contributed by atoms with van der Waals surface area (Å²) in [7, 11) is 1.37. The van der Waals surface area contributed by atoms with Gasteiger partial charge < -0.3 is 55.7 Å². The van der Waals surface area contributed by atoms with Gasteiger partial charge in [-0.1, -0.05) is 12.1 Å². The lowest BCUT2D eigenvalue weighted by molar-refractivity contribution is -0.247. The molecule has 12 nitrogen and oxygen atoms in total. The van der Waals surface area contributed by atoms with Crippen LogP contribution in [0.2, 0.25) is 0 Å². The summed E-state index contributed by atoms with van der Waals surface area (Å²) in [6.07, 6.45) is -4.91. The van der Waals surface area contributed by atoms with Crippen molar-refractivity contribution in [1.82, 2.24) is 0 Å². The number of Topliss-reactive ketones (excluding diaryl/α,β-unsaturated/α-hetero) is 1. The first-order chi connectivity index (χ1) is 18.4. The van der Waals surface area contributed by atoms with E-state index in [1.165, 1.54) is 13.2 Å². The van der Waals surface area contributed by atoms with Gasteiger partial charge >= 0.3 is 0 Å². The monoisotopic (exact) mass is 545 g/mol. The number of hydrogen-bond donors (Lipinski definition) is 8. The largest absolute Gasteiger partial charge is 0.507 e. The van der Waals surface area contributed by atoms with Gasteiger partial charge in [-0.05, 0) is 13.0 Å². The first-order valence-corrected chi connectivity index (χ1v) is 12.5. The highest BCUT2D eigenvalue weighted by Crippen LogP contribution is 2.57. The normalized spacial score (nSPS) is 28.9. The maximum Gasteiger partial charge on any atom is 0.190 e.